The molecule has 9 heteroatoms. The van der Waals surface area contributed by atoms with Crippen LogP contribution in [0.15, 0.2) is 30.9 Å². The highest BCUT2D eigenvalue weighted by molar-refractivity contribution is 7.98. The van der Waals surface area contributed by atoms with Crippen molar-refractivity contribution in [1.82, 2.24) is 25.2 Å². The first-order chi connectivity index (χ1) is 13.2. The first-order valence-electron chi connectivity index (χ1n) is 8.71. The summed E-state index contributed by atoms with van der Waals surface area (Å²) < 4.78 is 4.85. The number of nitrogens with zero attached hydrogens (tertiary/aromatic N) is 3. The van der Waals surface area contributed by atoms with Gasteiger partial charge in [-0.2, -0.15) is 11.8 Å². The Labute approximate surface area is 162 Å². The topological polar surface area (TPSA) is 100 Å². The number of esters is 1. The Morgan fingerprint density at radius 2 is 2.22 bits per heavy atom. The molecule has 27 heavy (non-hydrogen) atoms. The number of hydrogen-bond acceptors (Lipinski definition) is 6. The van der Waals surface area contributed by atoms with Crippen LogP contribution in [0.25, 0.3) is 0 Å². The van der Waals surface area contributed by atoms with E-state index in [0.717, 1.165) is 22.7 Å². The summed E-state index contributed by atoms with van der Waals surface area (Å²) in [7, 11) is 1.33. The lowest BCUT2D eigenvalue weighted by Gasteiger charge is -2.36. The highest BCUT2D eigenvalue weighted by atomic mass is 32.2. The van der Waals surface area contributed by atoms with Gasteiger partial charge >= 0.3 is 12.0 Å². The maximum Gasteiger partial charge on any atom is 0.328 e. The molecule has 0 bridgehead atoms. The monoisotopic (exact) mass is 389 g/mol. The smallest absolute Gasteiger partial charge is 0.328 e. The van der Waals surface area contributed by atoms with Crippen LogP contribution in [0, 0.1) is 0 Å². The normalized spacial score (nSPS) is 17.1. The number of urea groups is 1. The number of H-pyrrole nitrogens is 1. The number of amides is 2. The third kappa shape index (κ3) is 4.24. The fourth-order valence-corrected chi connectivity index (χ4v) is 3.71. The highest BCUT2D eigenvalue weighted by Crippen LogP contribution is 2.33. The van der Waals surface area contributed by atoms with E-state index >= 15 is 0 Å². The molecular weight excluding hydrogens is 366 g/mol. The van der Waals surface area contributed by atoms with E-state index in [1.54, 1.807) is 35.4 Å². The van der Waals surface area contributed by atoms with Gasteiger partial charge in [0.1, 0.15) is 12.1 Å². The molecule has 0 spiro atoms. The second-order valence-electron chi connectivity index (χ2n) is 6.20. The summed E-state index contributed by atoms with van der Waals surface area (Å²) >= 11 is 1.62. The molecule has 2 atom stereocenters. The number of carbonyl (C=O) groups is 2. The number of nitrogens with one attached hydrogen (secondary N) is 2. The van der Waals surface area contributed by atoms with E-state index in [9.17, 15) is 9.59 Å². The zero-order valence-corrected chi connectivity index (χ0v) is 16.2. The molecule has 144 valence electrons. The molecule has 2 N–H and O–H groups in total. The van der Waals surface area contributed by atoms with Crippen molar-refractivity contribution >= 4 is 23.8 Å². The standard InChI is InChI=1S/C18H23N5O3S/c1-26-17(24)14(6-10-27-2)22-18(25)23-9-5-13-15(21-11-20-13)16(23)12-3-7-19-8-4-12/h3-4,7-8,11,14,16H,5-6,9-10H2,1-2H3,(H,20,21)(H,22,25)/t14-,16-/m0/s1. The Kier molecular flexibility index (Phi) is 6.33. The number of thioether (sulfide) groups is 1. The van der Waals surface area contributed by atoms with Gasteiger partial charge in [0, 0.05) is 31.1 Å². The number of ether oxygens (including phenoxy) is 1. The van der Waals surface area contributed by atoms with Gasteiger partial charge in [-0.25, -0.2) is 14.6 Å². The van der Waals surface area contributed by atoms with Crippen molar-refractivity contribution in [2.24, 2.45) is 0 Å². The van der Waals surface area contributed by atoms with Crippen molar-refractivity contribution < 1.29 is 14.3 Å². The molecule has 0 saturated carbocycles. The fourth-order valence-electron chi connectivity index (χ4n) is 3.24. The van der Waals surface area contributed by atoms with Crippen LogP contribution in [0.2, 0.25) is 0 Å². The van der Waals surface area contributed by atoms with E-state index in [1.807, 2.05) is 18.4 Å². The lowest BCUT2D eigenvalue weighted by atomic mass is 9.97. The molecule has 1 aliphatic heterocycles. The summed E-state index contributed by atoms with van der Waals surface area (Å²) in [5.41, 5.74) is 2.76. The Morgan fingerprint density at radius 3 is 2.93 bits per heavy atom. The number of fused-ring (bicyclic) bond motifs is 1. The lowest BCUT2D eigenvalue weighted by Crippen LogP contribution is -2.51. The molecule has 2 aromatic rings. The number of methoxy groups -OCH3 is 1. The van der Waals surface area contributed by atoms with Gasteiger partial charge in [-0.1, -0.05) is 0 Å². The number of pyridine rings is 1. The van der Waals surface area contributed by atoms with Crippen LogP contribution in [0.3, 0.4) is 0 Å². The molecular formula is C18H23N5O3S. The second kappa shape index (κ2) is 8.90. The van der Waals surface area contributed by atoms with Gasteiger partial charge in [0.2, 0.25) is 0 Å². The SMILES string of the molecule is COC(=O)[C@H](CCSC)NC(=O)N1CCc2[nH]cnc2[C@@H]1c1ccncc1. The van der Waals surface area contributed by atoms with E-state index in [2.05, 4.69) is 20.3 Å². The summed E-state index contributed by atoms with van der Waals surface area (Å²) in [4.78, 5) is 38.5. The largest absolute Gasteiger partial charge is 0.467 e. The molecule has 3 heterocycles. The summed E-state index contributed by atoms with van der Waals surface area (Å²) in [6.07, 6.45) is 8.19. The third-order valence-electron chi connectivity index (χ3n) is 4.60. The Bertz CT molecular complexity index is 782. The van der Waals surface area contributed by atoms with Crippen molar-refractivity contribution in [3.05, 3.63) is 47.8 Å². The first kappa shape index (κ1) is 19.2. The first-order valence-corrected chi connectivity index (χ1v) is 10.1. The second-order valence-corrected chi connectivity index (χ2v) is 7.19. The van der Waals surface area contributed by atoms with Gasteiger partial charge in [0.15, 0.2) is 0 Å². The van der Waals surface area contributed by atoms with Crippen molar-refractivity contribution in [2.45, 2.75) is 24.9 Å². The zero-order chi connectivity index (χ0) is 19.2. The van der Waals surface area contributed by atoms with E-state index in [-0.39, 0.29) is 12.1 Å². The Hall–Kier alpha value is -2.55. The molecule has 8 nitrogen and oxygen atoms in total. The highest BCUT2D eigenvalue weighted by Gasteiger charge is 2.35. The van der Waals surface area contributed by atoms with Gasteiger partial charge in [-0.05, 0) is 36.1 Å². The van der Waals surface area contributed by atoms with Crippen LogP contribution in [-0.2, 0) is 16.0 Å². The van der Waals surface area contributed by atoms with Crippen LogP contribution in [0.4, 0.5) is 4.79 Å². The quantitative estimate of drug-likeness (QED) is 0.730. The number of imidazole rings is 1. The minimum Gasteiger partial charge on any atom is -0.467 e. The lowest BCUT2D eigenvalue weighted by molar-refractivity contribution is -0.142. The van der Waals surface area contributed by atoms with Crippen LogP contribution >= 0.6 is 11.8 Å². The summed E-state index contributed by atoms with van der Waals surface area (Å²) in [6.45, 7) is 0.518. The molecule has 0 unspecified atom stereocenters. The van der Waals surface area contributed by atoms with Crippen molar-refractivity contribution in [3.8, 4) is 0 Å². The number of rotatable bonds is 6. The molecule has 2 aromatic heterocycles. The summed E-state index contributed by atoms with van der Waals surface area (Å²) in [5.74, 6) is 0.312. The van der Waals surface area contributed by atoms with Crippen LogP contribution in [-0.4, -0.2) is 63.6 Å². The van der Waals surface area contributed by atoms with Gasteiger partial charge in [0.05, 0.1) is 19.1 Å². The van der Waals surface area contributed by atoms with Crippen LogP contribution in [0.1, 0.15) is 29.4 Å². The van der Waals surface area contributed by atoms with Crippen molar-refractivity contribution in [1.29, 1.82) is 0 Å². The van der Waals surface area contributed by atoms with Crippen LogP contribution < -0.4 is 5.32 Å². The Morgan fingerprint density at radius 1 is 1.44 bits per heavy atom. The molecule has 0 fully saturated rings. The molecule has 0 saturated heterocycles. The van der Waals surface area contributed by atoms with Gasteiger partial charge in [-0.15, -0.1) is 0 Å². The van der Waals surface area contributed by atoms with Crippen molar-refractivity contribution in [3.63, 3.8) is 0 Å². The predicted octanol–water partition coefficient (Wildman–Crippen LogP) is 1.76. The minimum atomic E-state index is -0.673. The number of aromatic amines is 1. The minimum absolute atomic E-state index is 0.304. The molecule has 1 aliphatic rings. The molecule has 0 radical (unpaired) electrons. The molecule has 2 amide bonds. The third-order valence-corrected chi connectivity index (χ3v) is 5.25. The van der Waals surface area contributed by atoms with Gasteiger partial charge in [-0.3, -0.25) is 4.98 Å². The molecule has 0 aliphatic carbocycles. The van der Waals surface area contributed by atoms with Gasteiger partial charge < -0.3 is 19.9 Å². The van der Waals surface area contributed by atoms with Gasteiger partial charge in [0.25, 0.3) is 0 Å². The predicted molar refractivity (Wildman–Crippen MR) is 102 cm³/mol. The average molecular weight is 389 g/mol. The number of hydrogen-bond donors (Lipinski definition) is 2. The van der Waals surface area contributed by atoms with Crippen LogP contribution in [0.5, 0.6) is 0 Å². The van der Waals surface area contributed by atoms with E-state index in [1.165, 1.54) is 7.11 Å². The fraction of sp³-hybridized carbons (Fsp3) is 0.444. The molecule has 0 aromatic carbocycles. The molecule has 3 rings (SSSR count). The number of aromatic nitrogens is 3. The number of carbonyl (C=O) groups excluding carboxylic acids is 2. The Balaban J connectivity index is 1.85. The van der Waals surface area contributed by atoms with E-state index in [4.69, 9.17) is 4.74 Å². The average Bonchev–Trinajstić information content (AvgIpc) is 3.19. The zero-order valence-electron chi connectivity index (χ0n) is 15.3. The summed E-state index contributed by atoms with van der Waals surface area (Å²) in [5, 5.41) is 2.84. The maximum absolute atomic E-state index is 13.1. The van der Waals surface area contributed by atoms with E-state index in [0.29, 0.717) is 19.4 Å². The van der Waals surface area contributed by atoms with Crippen molar-refractivity contribution in [2.75, 3.05) is 25.7 Å². The maximum atomic E-state index is 13.1. The summed E-state index contributed by atoms with van der Waals surface area (Å²) in [6, 6.07) is 2.44. The van der Waals surface area contributed by atoms with E-state index < -0.39 is 12.0 Å².